The maximum absolute atomic E-state index is 12.8. The zero-order chi connectivity index (χ0) is 33.7. The van der Waals surface area contributed by atoms with Crippen molar-refractivity contribution in [3.05, 3.63) is 130 Å². The first-order chi connectivity index (χ1) is 23.6. The third-order valence-corrected chi connectivity index (χ3v) is 9.00. The van der Waals surface area contributed by atoms with Gasteiger partial charge in [-0.1, -0.05) is 151 Å². The summed E-state index contributed by atoms with van der Waals surface area (Å²) in [4.78, 5) is 22.1. The van der Waals surface area contributed by atoms with Crippen LogP contribution in [0.5, 0.6) is 0 Å². The lowest BCUT2D eigenvalue weighted by Gasteiger charge is -2.04. The molecule has 0 aliphatic carbocycles. The van der Waals surface area contributed by atoms with Gasteiger partial charge in [-0.2, -0.15) is 0 Å². The Morgan fingerprint density at radius 2 is 0.771 bits per heavy atom. The van der Waals surface area contributed by atoms with Crippen molar-refractivity contribution in [2.24, 2.45) is 9.98 Å². The molecule has 0 aliphatic heterocycles. The molecular formula is C45H56N2O. The molecule has 4 rings (SSSR count). The van der Waals surface area contributed by atoms with Crippen molar-refractivity contribution >= 4 is 29.6 Å². The lowest BCUT2D eigenvalue weighted by molar-refractivity contribution is -0.117. The van der Waals surface area contributed by atoms with Gasteiger partial charge in [-0.3, -0.25) is 14.8 Å². The van der Waals surface area contributed by atoms with Crippen molar-refractivity contribution < 1.29 is 4.79 Å². The minimum atomic E-state index is 0.208. The van der Waals surface area contributed by atoms with E-state index in [1.54, 1.807) is 0 Å². The number of benzene rings is 4. The summed E-state index contributed by atoms with van der Waals surface area (Å²) in [6.45, 7) is 4.52. The van der Waals surface area contributed by atoms with Crippen molar-refractivity contribution in [2.75, 3.05) is 0 Å². The topological polar surface area (TPSA) is 41.8 Å². The summed E-state index contributed by atoms with van der Waals surface area (Å²) in [6, 6.07) is 33.5. The third-order valence-electron chi connectivity index (χ3n) is 9.00. The summed E-state index contributed by atoms with van der Waals surface area (Å²) in [5, 5.41) is 0. The number of aryl methyl sites for hydroxylation is 2. The molecule has 0 aliphatic rings. The highest BCUT2D eigenvalue weighted by molar-refractivity contribution is 5.85. The lowest BCUT2D eigenvalue weighted by Crippen LogP contribution is -2.06. The quantitative estimate of drug-likeness (QED) is 0.0622. The summed E-state index contributed by atoms with van der Waals surface area (Å²) < 4.78 is 0. The number of unbranched alkanes of at least 4 members (excludes halogenated alkanes) is 10. The van der Waals surface area contributed by atoms with E-state index in [0.29, 0.717) is 12.8 Å². The van der Waals surface area contributed by atoms with E-state index < -0.39 is 0 Å². The molecule has 0 fully saturated rings. The number of aliphatic imine (C=N–C) groups is 2. The normalized spacial score (nSPS) is 11.5. The summed E-state index contributed by atoms with van der Waals surface area (Å²) in [7, 11) is 0. The van der Waals surface area contributed by atoms with Crippen LogP contribution < -0.4 is 0 Å². The molecule has 0 bridgehead atoms. The number of hydrogen-bond donors (Lipinski definition) is 0. The number of carbonyl (C=O) groups is 1. The number of nitrogens with zero attached hydrogens (tertiary/aromatic N) is 2. The Balaban J connectivity index is 1.16. The molecular weight excluding hydrogens is 585 g/mol. The van der Waals surface area contributed by atoms with E-state index in [9.17, 15) is 4.79 Å². The van der Waals surface area contributed by atoms with Crippen LogP contribution in [0.2, 0.25) is 0 Å². The van der Waals surface area contributed by atoms with Gasteiger partial charge in [-0.05, 0) is 83.3 Å². The van der Waals surface area contributed by atoms with Crippen LogP contribution in [-0.4, -0.2) is 18.2 Å². The Morgan fingerprint density at radius 1 is 0.438 bits per heavy atom. The fraction of sp³-hybridized carbons (Fsp3) is 0.400. The minimum absolute atomic E-state index is 0.208. The molecule has 0 heterocycles. The van der Waals surface area contributed by atoms with Crippen molar-refractivity contribution in [3.8, 4) is 0 Å². The second-order valence-corrected chi connectivity index (χ2v) is 13.3. The van der Waals surface area contributed by atoms with Crippen molar-refractivity contribution in [3.63, 3.8) is 0 Å². The monoisotopic (exact) mass is 640 g/mol. The van der Waals surface area contributed by atoms with Gasteiger partial charge in [0, 0.05) is 25.3 Å². The molecule has 3 nitrogen and oxygen atoms in total. The maximum Gasteiger partial charge on any atom is 0.141 e. The van der Waals surface area contributed by atoms with Crippen LogP contribution in [0.3, 0.4) is 0 Å². The fourth-order valence-electron chi connectivity index (χ4n) is 5.98. The molecule has 252 valence electrons. The molecule has 0 radical (unpaired) electrons. The predicted molar refractivity (Wildman–Crippen MR) is 207 cm³/mol. The van der Waals surface area contributed by atoms with Gasteiger partial charge in [0.25, 0.3) is 0 Å². The highest BCUT2D eigenvalue weighted by atomic mass is 16.1. The molecule has 0 aromatic heterocycles. The van der Waals surface area contributed by atoms with Gasteiger partial charge in [0.1, 0.15) is 5.78 Å². The maximum atomic E-state index is 12.8. The summed E-state index contributed by atoms with van der Waals surface area (Å²) >= 11 is 0. The van der Waals surface area contributed by atoms with Gasteiger partial charge in [0.05, 0.1) is 11.4 Å². The Morgan fingerprint density at radius 3 is 1.15 bits per heavy atom. The molecule has 0 saturated carbocycles. The van der Waals surface area contributed by atoms with Crippen LogP contribution >= 0.6 is 0 Å². The summed E-state index contributed by atoms with van der Waals surface area (Å²) in [6.07, 6.45) is 22.8. The average molecular weight is 641 g/mol. The number of rotatable bonds is 22. The van der Waals surface area contributed by atoms with Crippen molar-refractivity contribution in [1.29, 1.82) is 0 Å². The van der Waals surface area contributed by atoms with Gasteiger partial charge in [-0.15, -0.1) is 0 Å². The standard InChI is InChI=1S/C45H56N2O/c1-3-5-7-9-11-13-15-37-25-29-43(30-26-37)46-35-41-21-17-39(18-22-41)33-45(48)34-40-19-23-42(24-20-40)36-47-44-31-27-38(28-32-44)16-14-12-10-8-6-4-2/h17-32,35-36H,3-16,33-34H2,1-2H3. The molecule has 0 N–H and O–H groups in total. The third kappa shape index (κ3) is 14.3. The fourth-order valence-corrected chi connectivity index (χ4v) is 5.98. The van der Waals surface area contributed by atoms with Gasteiger partial charge in [0.15, 0.2) is 0 Å². The number of ketones is 1. The van der Waals surface area contributed by atoms with E-state index in [-0.39, 0.29) is 5.78 Å². The molecule has 0 atom stereocenters. The number of hydrogen-bond acceptors (Lipinski definition) is 3. The van der Waals surface area contributed by atoms with Gasteiger partial charge >= 0.3 is 0 Å². The largest absolute Gasteiger partial charge is 0.299 e. The zero-order valence-corrected chi connectivity index (χ0v) is 29.5. The first-order valence-electron chi connectivity index (χ1n) is 18.6. The Bertz CT molecular complexity index is 1400. The van der Waals surface area contributed by atoms with Gasteiger partial charge in [0.2, 0.25) is 0 Å². The average Bonchev–Trinajstić information content (AvgIpc) is 3.11. The van der Waals surface area contributed by atoms with E-state index in [2.05, 4.69) is 72.4 Å². The van der Waals surface area contributed by atoms with Crippen molar-refractivity contribution in [1.82, 2.24) is 0 Å². The molecule has 4 aromatic rings. The van der Waals surface area contributed by atoms with Crippen LogP contribution in [0.15, 0.2) is 107 Å². The minimum Gasteiger partial charge on any atom is -0.299 e. The van der Waals surface area contributed by atoms with Gasteiger partial charge in [-0.25, -0.2) is 0 Å². The first-order valence-corrected chi connectivity index (χ1v) is 18.6. The number of carbonyl (C=O) groups excluding carboxylic acids is 1. The molecule has 0 spiro atoms. The molecule has 0 unspecified atom stereocenters. The van der Waals surface area contributed by atoms with E-state index in [4.69, 9.17) is 0 Å². The Labute approximate surface area is 290 Å². The second-order valence-electron chi connectivity index (χ2n) is 13.3. The second kappa shape index (κ2) is 21.7. The van der Waals surface area contributed by atoms with Crippen LogP contribution in [0.1, 0.15) is 124 Å². The van der Waals surface area contributed by atoms with Crippen molar-refractivity contribution in [2.45, 2.75) is 117 Å². The zero-order valence-electron chi connectivity index (χ0n) is 29.5. The smallest absolute Gasteiger partial charge is 0.141 e. The predicted octanol–water partition coefficient (Wildman–Crippen LogP) is 12.3. The van der Waals surface area contributed by atoms with E-state index in [0.717, 1.165) is 46.5 Å². The highest BCUT2D eigenvalue weighted by Gasteiger charge is 2.06. The lowest BCUT2D eigenvalue weighted by atomic mass is 10.0. The summed E-state index contributed by atoms with van der Waals surface area (Å²) in [5.41, 5.74) is 8.82. The molecule has 4 aromatic carbocycles. The Kier molecular flexibility index (Phi) is 16.6. The first kappa shape index (κ1) is 36.7. The molecule has 3 heteroatoms. The van der Waals surface area contributed by atoms with Crippen LogP contribution in [0.25, 0.3) is 0 Å². The van der Waals surface area contributed by atoms with E-state index >= 15 is 0 Å². The van der Waals surface area contributed by atoms with Crippen LogP contribution in [0, 0.1) is 0 Å². The van der Waals surface area contributed by atoms with Crippen LogP contribution in [0.4, 0.5) is 11.4 Å². The number of Topliss-reactive ketones (excluding diaryl/α,β-unsaturated/α-hetero) is 1. The molecule has 48 heavy (non-hydrogen) atoms. The van der Waals surface area contributed by atoms with E-state index in [1.807, 2.05) is 61.0 Å². The summed E-state index contributed by atoms with van der Waals surface area (Å²) in [5.74, 6) is 0.208. The van der Waals surface area contributed by atoms with Gasteiger partial charge < -0.3 is 0 Å². The Hall–Kier alpha value is -4.11. The highest BCUT2D eigenvalue weighted by Crippen LogP contribution is 2.18. The molecule has 0 saturated heterocycles. The van der Waals surface area contributed by atoms with E-state index in [1.165, 1.54) is 88.2 Å². The molecule has 0 amide bonds. The SMILES string of the molecule is CCCCCCCCc1ccc(N=Cc2ccc(CC(=O)Cc3ccc(C=Nc4ccc(CCCCCCCC)cc4)cc3)cc2)cc1. The van der Waals surface area contributed by atoms with Crippen LogP contribution in [-0.2, 0) is 30.5 Å².